The van der Waals surface area contributed by atoms with E-state index in [1.54, 1.807) is 24.1 Å². The number of carbonyl (C=O) groups is 1. The molecule has 0 bridgehead atoms. The Morgan fingerprint density at radius 3 is 2.54 bits per heavy atom. The summed E-state index contributed by atoms with van der Waals surface area (Å²) >= 11 is 0. The molecule has 5 nitrogen and oxygen atoms in total. The first-order valence-electron chi connectivity index (χ1n) is 8.13. The quantitative estimate of drug-likeness (QED) is 0.577. The van der Waals surface area contributed by atoms with Crippen LogP contribution in [-0.4, -0.2) is 26.1 Å². The molecule has 0 heterocycles. The molecule has 0 aliphatic carbocycles. The number of amides is 1. The van der Waals surface area contributed by atoms with Gasteiger partial charge in [-0.05, 0) is 37.6 Å². The summed E-state index contributed by atoms with van der Waals surface area (Å²) < 4.78 is 5.70. The van der Waals surface area contributed by atoms with E-state index >= 15 is 0 Å². The molecule has 0 aromatic heterocycles. The predicted octanol–water partition coefficient (Wildman–Crippen LogP) is 2.80. The average molecular weight is 327 g/mol. The maximum Gasteiger partial charge on any atom is 0.260 e. The summed E-state index contributed by atoms with van der Waals surface area (Å²) in [5.74, 6) is -0.135. The van der Waals surface area contributed by atoms with Gasteiger partial charge in [-0.3, -0.25) is 4.79 Å². The molecular weight excluding hydrogens is 302 g/mol. The first-order valence-corrected chi connectivity index (χ1v) is 8.13. The van der Waals surface area contributed by atoms with Gasteiger partial charge in [0.05, 0.1) is 12.2 Å². The van der Waals surface area contributed by atoms with Crippen molar-refractivity contribution in [3.05, 3.63) is 59.7 Å². The van der Waals surface area contributed by atoms with E-state index in [1.807, 2.05) is 36.4 Å². The Bertz CT molecular complexity index is 673. The normalized spacial score (nSPS) is 10.6. The second-order valence-corrected chi connectivity index (χ2v) is 5.63. The Morgan fingerprint density at radius 1 is 1.08 bits per heavy atom. The van der Waals surface area contributed by atoms with E-state index < -0.39 is 0 Å². The van der Waals surface area contributed by atoms with Crippen LogP contribution in [0.5, 0.6) is 0 Å². The van der Waals surface area contributed by atoms with Crippen LogP contribution in [0.1, 0.15) is 28.8 Å². The van der Waals surface area contributed by atoms with Crippen LogP contribution in [0.2, 0.25) is 0 Å². The zero-order valence-electron chi connectivity index (χ0n) is 14.1. The third-order valence-corrected chi connectivity index (χ3v) is 3.85. The minimum Gasteiger partial charge on any atom is -0.398 e. The predicted molar refractivity (Wildman–Crippen MR) is 98.0 cm³/mol. The Balaban J connectivity index is 2.10. The van der Waals surface area contributed by atoms with Gasteiger partial charge in [-0.2, -0.15) is 0 Å². The standard InChI is InChI=1S/C19H25N3O2/c1-22(19(23)16-9-3-4-10-17(16)21)18-11-5-2-8-15(18)14-24-13-7-6-12-20/h2-5,8-11H,6-7,12-14,20-21H2,1H3. The van der Waals surface area contributed by atoms with Gasteiger partial charge in [0.15, 0.2) is 0 Å². The third kappa shape index (κ3) is 4.57. The van der Waals surface area contributed by atoms with E-state index in [-0.39, 0.29) is 5.91 Å². The summed E-state index contributed by atoms with van der Waals surface area (Å²) in [6, 6.07) is 14.8. The van der Waals surface area contributed by atoms with Gasteiger partial charge in [-0.25, -0.2) is 0 Å². The summed E-state index contributed by atoms with van der Waals surface area (Å²) in [5.41, 5.74) is 14.2. The molecule has 0 unspecified atom stereocenters. The molecule has 2 aromatic rings. The van der Waals surface area contributed by atoms with E-state index in [2.05, 4.69) is 0 Å². The van der Waals surface area contributed by atoms with Gasteiger partial charge >= 0.3 is 0 Å². The van der Waals surface area contributed by atoms with Crippen molar-refractivity contribution in [2.45, 2.75) is 19.4 Å². The highest BCUT2D eigenvalue weighted by molar-refractivity contribution is 6.09. The van der Waals surface area contributed by atoms with Gasteiger partial charge in [0.2, 0.25) is 0 Å². The van der Waals surface area contributed by atoms with Gasteiger partial charge in [0.1, 0.15) is 0 Å². The highest BCUT2D eigenvalue weighted by Crippen LogP contribution is 2.23. The number of unbranched alkanes of at least 4 members (excludes halogenated alkanes) is 1. The largest absolute Gasteiger partial charge is 0.398 e. The molecule has 128 valence electrons. The molecule has 0 saturated heterocycles. The first kappa shape index (κ1) is 18.0. The van der Waals surface area contributed by atoms with Crippen LogP contribution in [0, 0.1) is 0 Å². The minimum absolute atomic E-state index is 0.135. The molecule has 0 fully saturated rings. The fourth-order valence-electron chi connectivity index (χ4n) is 2.47. The number of anilines is 2. The number of nitrogens with two attached hydrogens (primary N) is 2. The molecular formula is C19H25N3O2. The summed E-state index contributed by atoms with van der Waals surface area (Å²) in [6.07, 6.45) is 1.89. The molecule has 4 N–H and O–H groups in total. The van der Waals surface area contributed by atoms with Gasteiger partial charge in [-0.1, -0.05) is 30.3 Å². The van der Waals surface area contributed by atoms with Gasteiger partial charge in [0.25, 0.3) is 5.91 Å². The fourth-order valence-corrected chi connectivity index (χ4v) is 2.47. The van der Waals surface area contributed by atoms with E-state index in [1.165, 1.54) is 0 Å². The number of carbonyl (C=O) groups excluding carboxylic acids is 1. The smallest absolute Gasteiger partial charge is 0.260 e. The van der Waals surface area contributed by atoms with Crippen LogP contribution in [0.4, 0.5) is 11.4 Å². The number of hydrogen-bond donors (Lipinski definition) is 2. The molecule has 0 aliphatic heterocycles. The summed E-state index contributed by atoms with van der Waals surface area (Å²) in [6.45, 7) is 1.80. The van der Waals surface area contributed by atoms with Crippen molar-refractivity contribution >= 4 is 17.3 Å². The number of ether oxygens (including phenoxy) is 1. The van der Waals surface area contributed by atoms with Crippen molar-refractivity contribution in [1.29, 1.82) is 0 Å². The molecule has 0 aliphatic rings. The lowest BCUT2D eigenvalue weighted by atomic mass is 10.1. The number of nitrogen functional groups attached to an aromatic ring is 1. The molecule has 24 heavy (non-hydrogen) atoms. The molecule has 1 amide bonds. The Kier molecular flexibility index (Phi) is 6.78. The van der Waals surface area contributed by atoms with Crippen molar-refractivity contribution in [2.75, 3.05) is 30.8 Å². The van der Waals surface area contributed by atoms with E-state index in [0.717, 1.165) is 24.1 Å². The lowest BCUT2D eigenvalue weighted by Crippen LogP contribution is -2.28. The minimum atomic E-state index is -0.135. The van der Waals surface area contributed by atoms with Gasteiger partial charge < -0.3 is 21.1 Å². The van der Waals surface area contributed by atoms with Crippen LogP contribution in [-0.2, 0) is 11.3 Å². The maximum absolute atomic E-state index is 12.7. The van der Waals surface area contributed by atoms with Crippen LogP contribution >= 0.6 is 0 Å². The van der Waals surface area contributed by atoms with Crippen LogP contribution < -0.4 is 16.4 Å². The van der Waals surface area contributed by atoms with Crippen molar-refractivity contribution in [1.82, 2.24) is 0 Å². The molecule has 0 saturated carbocycles. The van der Waals surface area contributed by atoms with Gasteiger partial charge in [0, 0.05) is 30.6 Å². The number of para-hydroxylation sites is 2. The monoisotopic (exact) mass is 327 g/mol. The average Bonchev–Trinajstić information content (AvgIpc) is 2.61. The molecule has 0 atom stereocenters. The number of benzene rings is 2. The van der Waals surface area contributed by atoms with Crippen molar-refractivity contribution < 1.29 is 9.53 Å². The highest BCUT2D eigenvalue weighted by Gasteiger charge is 2.18. The summed E-state index contributed by atoms with van der Waals surface area (Å²) in [4.78, 5) is 14.3. The third-order valence-electron chi connectivity index (χ3n) is 3.85. The molecule has 2 aromatic carbocycles. The zero-order chi connectivity index (χ0) is 17.4. The maximum atomic E-state index is 12.7. The summed E-state index contributed by atoms with van der Waals surface area (Å²) in [5, 5.41) is 0. The van der Waals surface area contributed by atoms with Crippen molar-refractivity contribution in [3.8, 4) is 0 Å². The highest BCUT2D eigenvalue weighted by atomic mass is 16.5. The lowest BCUT2D eigenvalue weighted by Gasteiger charge is -2.21. The molecule has 0 radical (unpaired) electrons. The van der Waals surface area contributed by atoms with Crippen LogP contribution in [0.25, 0.3) is 0 Å². The number of rotatable bonds is 8. The molecule has 5 heteroatoms. The summed E-state index contributed by atoms with van der Waals surface area (Å²) in [7, 11) is 1.75. The topological polar surface area (TPSA) is 81.6 Å². The SMILES string of the molecule is CN(C(=O)c1ccccc1N)c1ccccc1COCCCCN. The fraction of sp³-hybridized carbons (Fsp3) is 0.316. The van der Waals surface area contributed by atoms with E-state index in [4.69, 9.17) is 16.2 Å². The van der Waals surface area contributed by atoms with Gasteiger partial charge in [-0.15, -0.1) is 0 Å². The lowest BCUT2D eigenvalue weighted by molar-refractivity contribution is 0.0991. The van der Waals surface area contributed by atoms with E-state index in [9.17, 15) is 4.79 Å². The molecule has 2 rings (SSSR count). The van der Waals surface area contributed by atoms with Crippen molar-refractivity contribution in [3.63, 3.8) is 0 Å². The second kappa shape index (κ2) is 9.05. The van der Waals surface area contributed by atoms with Crippen LogP contribution in [0.3, 0.4) is 0 Å². The Hall–Kier alpha value is -2.37. The first-order chi connectivity index (χ1) is 11.6. The van der Waals surface area contributed by atoms with Crippen molar-refractivity contribution in [2.24, 2.45) is 5.73 Å². The Labute approximate surface area is 143 Å². The van der Waals surface area contributed by atoms with E-state index in [0.29, 0.717) is 31.0 Å². The zero-order valence-corrected chi connectivity index (χ0v) is 14.1. The number of nitrogens with zero attached hydrogens (tertiary/aromatic N) is 1. The Morgan fingerprint density at radius 2 is 1.79 bits per heavy atom. The second-order valence-electron chi connectivity index (χ2n) is 5.63. The molecule has 0 spiro atoms. The van der Waals surface area contributed by atoms with Crippen LogP contribution in [0.15, 0.2) is 48.5 Å². The number of hydrogen-bond acceptors (Lipinski definition) is 4.